The minimum absolute atomic E-state index is 0.0429. The second-order valence-corrected chi connectivity index (χ2v) is 5.28. The summed E-state index contributed by atoms with van der Waals surface area (Å²) in [6, 6.07) is 0. The van der Waals surface area contributed by atoms with E-state index in [0.29, 0.717) is 26.2 Å². The number of carboxylic acid groups (broad SMARTS) is 1. The highest BCUT2D eigenvalue weighted by molar-refractivity contribution is 5.97. The fraction of sp³-hybridized carbons (Fsp3) is 0.500. The summed E-state index contributed by atoms with van der Waals surface area (Å²) in [7, 11) is 0. The van der Waals surface area contributed by atoms with Crippen LogP contribution in [0, 0.1) is 0 Å². The van der Waals surface area contributed by atoms with E-state index in [-0.39, 0.29) is 11.8 Å². The SMILES string of the molecule is CC(C)OCCN1CCn2cc(C(=O)O)c(=O)c(O)c2C1=O. The number of aromatic hydroxyl groups is 1. The largest absolute Gasteiger partial charge is 0.503 e. The number of hydrogen-bond acceptors (Lipinski definition) is 5. The van der Waals surface area contributed by atoms with Crippen molar-refractivity contribution in [3.8, 4) is 5.75 Å². The van der Waals surface area contributed by atoms with Gasteiger partial charge in [-0.15, -0.1) is 0 Å². The van der Waals surface area contributed by atoms with Crippen molar-refractivity contribution in [3.63, 3.8) is 0 Å². The third-order valence-electron chi connectivity index (χ3n) is 3.40. The standard InChI is InChI=1S/C14H18N2O6/c1-8(2)22-6-5-15-3-4-16-7-9(14(20)21)11(17)12(18)10(16)13(15)19/h7-8,18H,3-6H2,1-2H3,(H,20,21). The maximum atomic E-state index is 12.3. The van der Waals surface area contributed by atoms with Crippen LogP contribution in [0.4, 0.5) is 0 Å². The van der Waals surface area contributed by atoms with Crippen LogP contribution in [-0.4, -0.2) is 57.4 Å². The van der Waals surface area contributed by atoms with Crippen molar-refractivity contribution in [1.29, 1.82) is 0 Å². The van der Waals surface area contributed by atoms with E-state index < -0.39 is 28.6 Å². The summed E-state index contributed by atoms with van der Waals surface area (Å²) in [4.78, 5) is 36.6. The van der Waals surface area contributed by atoms with Gasteiger partial charge in [-0.05, 0) is 13.8 Å². The molecule has 0 radical (unpaired) electrons. The second-order valence-electron chi connectivity index (χ2n) is 5.28. The van der Waals surface area contributed by atoms with E-state index in [0.717, 1.165) is 6.20 Å². The average Bonchev–Trinajstić information content (AvgIpc) is 2.44. The minimum Gasteiger partial charge on any atom is -0.503 e. The Kier molecular flexibility index (Phi) is 4.51. The molecule has 1 aromatic heterocycles. The van der Waals surface area contributed by atoms with Crippen LogP contribution in [0.3, 0.4) is 0 Å². The molecule has 2 N–H and O–H groups in total. The van der Waals surface area contributed by atoms with Gasteiger partial charge in [0.2, 0.25) is 5.43 Å². The van der Waals surface area contributed by atoms with Crippen LogP contribution in [0.5, 0.6) is 5.75 Å². The molecule has 0 atom stereocenters. The molecule has 0 aliphatic carbocycles. The molecule has 2 heterocycles. The summed E-state index contributed by atoms with van der Waals surface area (Å²) in [5.74, 6) is -2.76. The van der Waals surface area contributed by atoms with E-state index in [1.54, 1.807) is 0 Å². The molecule has 120 valence electrons. The van der Waals surface area contributed by atoms with Crippen molar-refractivity contribution in [2.45, 2.75) is 26.5 Å². The van der Waals surface area contributed by atoms with E-state index in [9.17, 15) is 19.5 Å². The minimum atomic E-state index is -1.43. The number of ether oxygens (including phenoxy) is 1. The van der Waals surface area contributed by atoms with Crippen molar-refractivity contribution in [3.05, 3.63) is 27.7 Å². The smallest absolute Gasteiger partial charge is 0.341 e. The zero-order valence-corrected chi connectivity index (χ0v) is 12.4. The molecular weight excluding hydrogens is 292 g/mol. The number of rotatable bonds is 5. The summed E-state index contributed by atoms with van der Waals surface area (Å²) in [5.41, 5.74) is -1.77. The lowest BCUT2D eigenvalue weighted by molar-refractivity contribution is 0.0437. The fourth-order valence-electron chi connectivity index (χ4n) is 2.29. The lowest BCUT2D eigenvalue weighted by atomic mass is 10.1. The lowest BCUT2D eigenvalue weighted by Gasteiger charge is -2.30. The van der Waals surface area contributed by atoms with Crippen LogP contribution in [0.1, 0.15) is 34.7 Å². The Hall–Kier alpha value is -2.35. The van der Waals surface area contributed by atoms with Crippen molar-refractivity contribution in [1.82, 2.24) is 9.47 Å². The van der Waals surface area contributed by atoms with Gasteiger partial charge in [0.25, 0.3) is 5.91 Å². The molecule has 2 rings (SSSR count). The van der Waals surface area contributed by atoms with Gasteiger partial charge in [-0.1, -0.05) is 0 Å². The quantitative estimate of drug-likeness (QED) is 0.800. The second kappa shape index (κ2) is 6.18. The third kappa shape index (κ3) is 2.96. The highest BCUT2D eigenvalue weighted by Gasteiger charge is 2.30. The highest BCUT2D eigenvalue weighted by Crippen LogP contribution is 2.20. The van der Waals surface area contributed by atoms with Crippen LogP contribution < -0.4 is 5.43 Å². The van der Waals surface area contributed by atoms with E-state index in [4.69, 9.17) is 9.84 Å². The van der Waals surface area contributed by atoms with E-state index in [1.165, 1.54) is 9.47 Å². The molecule has 0 fully saturated rings. The molecule has 1 amide bonds. The monoisotopic (exact) mass is 310 g/mol. The molecule has 0 aromatic carbocycles. The Morgan fingerprint density at radius 3 is 2.64 bits per heavy atom. The zero-order chi connectivity index (χ0) is 16.4. The molecule has 8 heteroatoms. The lowest BCUT2D eigenvalue weighted by Crippen LogP contribution is -2.43. The first-order chi connectivity index (χ1) is 10.3. The first kappa shape index (κ1) is 16.0. The van der Waals surface area contributed by atoms with E-state index >= 15 is 0 Å². The summed E-state index contributed by atoms with van der Waals surface area (Å²) >= 11 is 0. The predicted octanol–water partition coefficient (Wildman–Crippen LogP) is 0.133. The molecule has 0 spiro atoms. The Morgan fingerprint density at radius 1 is 1.36 bits per heavy atom. The first-order valence-corrected chi connectivity index (χ1v) is 6.93. The van der Waals surface area contributed by atoms with Gasteiger partial charge in [-0.3, -0.25) is 9.59 Å². The van der Waals surface area contributed by atoms with E-state index in [1.807, 2.05) is 13.8 Å². The third-order valence-corrected chi connectivity index (χ3v) is 3.40. The van der Waals surface area contributed by atoms with Gasteiger partial charge in [0.1, 0.15) is 5.56 Å². The summed E-state index contributed by atoms with van der Waals surface area (Å²) in [6.45, 7) is 5.11. The molecule has 0 bridgehead atoms. The Bertz CT molecular complexity index is 664. The Balaban J connectivity index is 2.29. The Morgan fingerprint density at radius 2 is 2.05 bits per heavy atom. The maximum Gasteiger partial charge on any atom is 0.341 e. The molecule has 0 unspecified atom stereocenters. The highest BCUT2D eigenvalue weighted by atomic mass is 16.5. The molecule has 0 saturated carbocycles. The summed E-state index contributed by atoms with van der Waals surface area (Å²) in [6.07, 6.45) is 1.14. The Labute approximate surface area is 126 Å². The maximum absolute atomic E-state index is 12.3. The molecule has 8 nitrogen and oxygen atoms in total. The van der Waals surface area contributed by atoms with Crippen molar-refractivity contribution >= 4 is 11.9 Å². The molecular formula is C14H18N2O6. The zero-order valence-electron chi connectivity index (χ0n) is 12.4. The van der Waals surface area contributed by atoms with Crippen molar-refractivity contribution in [2.24, 2.45) is 0 Å². The number of amides is 1. The number of fused-ring (bicyclic) bond motifs is 1. The summed E-state index contributed by atoms with van der Waals surface area (Å²) in [5, 5.41) is 18.8. The fourth-order valence-corrected chi connectivity index (χ4v) is 2.29. The predicted molar refractivity (Wildman–Crippen MR) is 76.3 cm³/mol. The van der Waals surface area contributed by atoms with Gasteiger partial charge in [-0.25, -0.2) is 4.79 Å². The molecule has 22 heavy (non-hydrogen) atoms. The molecule has 1 aliphatic rings. The summed E-state index contributed by atoms with van der Waals surface area (Å²) < 4.78 is 6.69. The van der Waals surface area contributed by atoms with Gasteiger partial charge in [0.05, 0.1) is 12.7 Å². The molecule has 0 saturated heterocycles. The number of carbonyl (C=O) groups is 2. The number of nitrogens with zero attached hydrogens (tertiary/aromatic N) is 2. The number of aromatic nitrogens is 1. The molecule has 1 aromatic rings. The number of pyridine rings is 1. The van der Waals surface area contributed by atoms with Gasteiger partial charge < -0.3 is 24.4 Å². The van der Waals surface area contributed by atoms with Crippen LogP contribution in [-0.2, 0) is 11.3 Å². The number of aromatic carboxylic acids is 1. The number of carbonyl (C=O) groups excluding carboxylic acids is 1. The van der Waals surface area contributed by atoms with Gasteiger partial charge >= 0.3 is 5.97 Å². The van der Waals surface area contributed by atoms with Crippen LogP contribution in [0.15, 0.2) is 11.0 Å². The van der Waals surface area contributed by atoms with Crippen molar-refractivity contribution < 1.29 is 24.5 Å². The van der Waals surface area contributed by atoms with Gasteiger partial charge in [0, 0.05) is 25.8 Å². The van der Waals surface area contributed by atoms with Crippen molar-refractivity contribution in [2.75, 3.05) is 19.7 Å². The number of carboxylic acids is 1. The topological polar surface area (TPSA) is 109 Å². The van der Waals surface area contributed by atoms with Crippen LogP contribution >= 0.6 is 0 Å². The molecule has 1 aliphatic heterocycles. The normalized spacial score (nSPS) is 14.3. The van der Waals surface area contributed by atoms with Crippen LogP contribution in [0.2, 0.25) is 0 Å². The van der Waals surface area contributed by atoms with E-state index in [2.05, 4.69) is 0 Å². The van der Waals surface area contributed by atoms with Gasteiger partial charge in [0.15, 0.2) is 11.4 Å². The van der Waals surface area contributed by atoms with Crippen LogP contribution in [0.25, 0.3) is 0 Å². The van der Waals surface area contributed by atoms with Gasteiger partial charge in [-0.2, -0.15) is 0 Å². The number of hydrogen-bond donors (Lipinski definition) is 2. The average molecular weight is 310 g/mol. The first-order valence-electron chi connectivity index (χ1n) is 6.93.